The Kier molecular flexibility index (Phi) is 6.74. The molecule has 1 aromatic carbocycles. The van der Waals surface area contributed by atoms with Gasteiger partial charge in [-0.15, -0.1) is 11.3 Å². The Morgan fingerprint density at radius 3 is 2.69 bits per heavy atom. The van der Waals surface area contributed by atoms with E-state index in [2.05, 4.69) is 11.4 Å². The maximum atomic E-state index is 13.3. The van der Waals surface area contributed by atoms with Crippen molar-refractivity contribution in [2.24, 2.45) is 0 Å². The molecule has 0 bridgehead atoms. The summed E-state index contributed by atoms with van der Waals surface area (Å²) in [4.78, 5) is 38.9. The molecule has 168 valence electrons. The molecule has 7 heteroatoms. The van der Waals surface area contributed by atoms with Gasteiger partial charge in [-0.25, -0.2) is 4.79 Å². The van der Waals surface area contributed by atoms with Crippen molar-refractivity contribution < 1.29 is 4.79 Å². The monoisotopic (exact) mass is 451 g/mol. The Balaban J connectivity index is 1.57. The summed E-state index contributed by atoms with van der Waals surface area (Å²) in [6.45, 7) is 4.69. The molecule has 2 heterocycles. The molecule has 4 rings (SSSR count). The summed E-state index contributed by atoms with van der Waals surface area (Å²) in [5.41, 5.74) is 4.32. The zero-order valence-electron chi connectivity index (χ0n) is 18.6. The molecule has 1 aliphatic carbocycles. The highest BCUT2D eigenvalue weighted by molar-refractivity contribution is 7.17. The second kappa shape index (κ2) is 9.69. The van der Waals surface area contributed by atoms with Crippen LogP contribution in [0.25, 0.3) is 10.2 Å². The molecule has 0 fully saturated rings. The molecule has 0 saturated heterocycles. The van der Waals surface area contributed by atoms with E-state index in [9.17, 15) is 14.4 Å². The van der Waals surface area contributed by atoms with Gasteiger partial charge in [0.25, 0.3) is 5.56 Å². The molecule has 0 saturated carbocycles. The quantitative estimate of drug-likeness (QED) is 0.554. The van der Waals surface area contributed by atoms with Crippen LogP contribution in [-0.4, -0.2) is 21.6 Å². The van der Waals surface area contributed by atoms with Gasteiger partial charge < -0.3 is 5.32 Å². The summed E-state index contributed by atoms with van der Waals surface area (Å²) >= 11 is 1.30. The minimum absolute atomic E-state index is 0.0989. The van der Waals surface area contributed by atoms with Gasteiger partial charge in [0.1, 0.15) is 11.2 Å². The van der Waals surface area contributed by atoms with Gasteiger partial charge in [-0.2, -0.15) is 0 Å². The van der Waals surface area contributed by atoms with E-state index in [1.807, 2.05) is 32.0 Å². The molecule has 3 aromatic rings. The summed E-state index contributed by atoms with van der Waals surface area (Å²) in [7, 11) is 0. The number of carbonyl (C=O) groups is 1. The number of thiophene rings is 1. The number of aromatic nitrogens is 2. The van der Waals surface area contributed by atoms with E-state index in [-0.39, 0.29) is 24.6 Å². The Hall–Kier alpha value is -2.93. The van der Waals surface area contributed by atoms with Crippen LogP contribution in [0.3, 0.4) is 0 Å². The topological polar surface area (TPSA) is 73.1 Å². The predicted octanol–water partition coefficient (Wildman–Crippen LogP) is 3.90. The van der Waals surface area contributed by atoms with Crippen molar-refractivity contribution in [1.29, 1.82) is 0 Å². The number of allylic oxidation sites excluding steroid dienone is 1. The number of hydrogen-bond acceptors (Lipinski definition) is 4. The average molecular weight is 452 g/mol. The summed E-state index contributed by atoms with van der Waals surface area (Å²) in [6.07, 6.45) is 7.81. The van der Waals surface area contributed by atoms with Gasteiger partial charge in [0.05, 0.1) is 12.1 Å². The lowest BCUT2D eigenvalue weighted by molar-refractivity contribution is -0.121. The van der Waals surface area contributed by atoms with Gasteiger partial charge in [0.2, 0.25) is 5.91 Å². The molecule has 32 heavy (non-hydrogen) atoms. The van der Waals surface area contributed by atoms with Crippen LogP contribution in [0.4, 0.5) is 0 Å². The molecular formula is C25H29N3O3S. The zero-order valence-corrected chi connectivity index (χ0v) is 19.5. The highest BCUT2D eigenvalue weighted by atomic mass is 32.1. The molecule has 0 atom stereocenters. The van der Waals surface area contributed by atoms with Gasteiger partial charge in [-0.05, 0) is 74.1 Å². The van der Waals surface area contributed by atoms with Crippen LogP contribution in [-0.2, 0) is 17.9 Å². The number of aryl methyl sites for hydroxylation is 2. The fourth-order valence-corrected chi connectivity index (χ4v) is 5.05. The van der Waals surface area contributed by atoms with Crippen LogP contribution in [0.1, 0.15) is 48.8 Å². The van der Waals surface area contributed by atoms with E-state index in [4.69, 9.17) is 0 Å². The molecule has 0 aliphatic heterocycles. The Morgan fingerprint density at radius 2 is 1.94 bits per heavy atom. The second-order valence-corrected chi connectivity index (χ2v) is 9.44. The van der Waals surface area contributed by atoms with Gasteiger partial charge in [0.15, 0.2) is 0 Å². The minimum atomic E-state index is -0.454. The summed E-state index contributed by atoms with van der Waals surface area (Å²) in [5, 5.41) is 4.72. The van der Waals surface area contributed by atoms with E-state index in [0.717, 1.165) is 36.0 Å². The molecule has 0 radical (unpaired) electrons. The minimum Gasteiger partial charge on any atom is -0.354 e. The molecule has 2 aromatic heterocycles. The number of fused-ring (bicyclic) bond motifs is 1. The fourth-order valence-electron chi connectivity index (χ4n) is 4.20. The molecule has 0 unspecified atom stereocenters. The van der Waals surface area contributed by atoms with Crippen LogP contribution in [0, 0.1) is 13.8 Å². The number of nitrogens with one attached hydrogen (secondary N) is 1. The molecule has 6 nitrogen and oxygen atoms in total. The third-order valence-corrected chi connectivity index (χ3v) is 7.10. The number of rotatable bonds is 7. The maximum absolute atomic E-state index is 13.3. The van der Waals surface area contributed by atoms with Gasteiger partial charge in [-0.1, -0.05) is 29.8 Å². The first kappa shape index (κ1) is 22.3. The van der Waals surface area contributed by atoms with Crippen molar-refractivity contribution in [3.63, 3.8) is 0 Å². The maximum Gasteiger partial charge on any atom is 0.332 e. The fraction of sp³-hybridized carbons (Fsp3) is 0.400. The smallest absolute Gasteiger partial charge is 0.332 e. The molecule has 1 amide bonds. The third kappa shape index (κ3) is 4.78. The largest absolute Gasteiger partial charge is 0.354 e. The first-order valence-corrected chi connectivity index (χ1v) is 12.0. The summed E-state index contributed by atoms with van der Waals surface area (Å²) < 4.78 is 3.15. The van der Waals surface area contributed by atoms with E-state index in [1.165, 1.54) is 38.9 Å². The van der Waals surface area contributed by atoms with Crippen LogP contribution in [0.2, 0.25) is 0 Å². The van der Waals surface area contributed by atoms with E-state index in [0.29, 0.717) is 16.8 Å². The molecular weight excluding hydrogens is 422 g/mol. The van der Waals surface area contributed by atoms with Crippen LogP contribution in [0.15, 0.2) is 50.9 Å². The van der Waals surface area contributed by atoms with Gasteiger partial charge >= 0.3 is 5.69 Å². The standard InChI is InChI=1S/C25H29N3O3S/c1-17-8-9-20(14-18(17)2)15-28-24(30)23-21(11-13-32-23)27(25(28)31)16-22(29)26-12-10-19-6-4-3-5-7-19/h6,8-9,11,13-14H,3-5,7,10,12,15-16H2,1-2H3,(H,26,29). The lowest BCUT2D eigenvalue weighted by atomic mass is 9.97. The van der Waals surface area contributed by atoms with Crippen LogP contribution < -0.4 is 16.6 Å². The first-order chi connectivity index (χ1) is 15.4. The number of carbonyl (C=O) groups excluding carboxylic acids is 1. The summed E-state index contributed by atoms with van der Waals surface area (Å²) in [6, 6.07) is 7.66. The Bertz CT molecular complexity index is 1300. The lowest BCUT2D eigenvalue weighted by Crippen LogP contribution is -2.42. The third-order valence-electron chi connectivity index (χ3n) is 6.20. The number of amides is 1. The van der Waals surface area contributed by atoms with Crippen LogP contribution in [0.5, 0.6) is 0 Å². The zero-order chi connectivity index (χ0) is 22.7. The molecule has 1 aliphatic rings. The van der Waals surface area contributed by atoms with Crippen molar-refractivity contribution in [1.82, 2.24) is 14.5 Å². The highest BCUT2D eigenvalue weighted by Crippen LogP contribution is 2.19. The number of benzene rings is 1. The average Bonchev–Trinajstić information content (AvgIpc) is 3.27. The first-order valence-electron chi connectivity index (χ1n) is 11.2. The van der Waals surface area contributed by atoms with Gasteiger partial charge in [-0.3, -0.25) is 18.7 Å². The predicted molar refractivity (Wildman–Crippen MR) is 130 cm³/mol. The Morgan fingerprint density at radius 1 is 1.09 bits per heavy atom. The van der Waals surface area contributed by atoms with Gasteiger partial charge in [0, 0.05) is 6.54 Å². The van der Waals surface area contributed by atoms with Crippen molar-refractivity contribution in [3.05, 3.63) is 78.8 Å². The van der Waals surface area contributed by atoms with Crippen molar-refractivity contribution in [2.45, 2.75) is 59.0 Å². The molecule has 0 spiro atoms. The molecule has 1 N–H and O–H groups in total. The number of nitrogens with zero attached hydrogens (tertiary/aromatic N) is 2. The van der Waals surface area contributed by atoms with Crippen molar-refractivity contribution >= 4 is 27.5 Å². The SMILES string of the molecule is Cc1ccc(Cn2c(=O)c3sccc3n(CC(=O)NCCC3=CCCCC3)c2=O)cc1C. The van der Waals surface area contributed by atoms with Crippen molar-refractivity contribution in [2.75, 3.05) is 6.54 Å². The van der Waals surface area contributed by atoms with E-state index >= 15 is 0 Å². The normalized spacial score (nSPS) is 13.9. The second-order valence-electron chi connectivity index (χ2n) is 8.52. The Labute approximate surface area is 191 Å². The number of hydrogen-bond donors (Lipinski definition) is 1. The van der Waals surface area contributed by atoms with E-state index in [1.54, 1.807) is 11.4 Å². The van der Waals surface area contributed by atoms with Crippen LogP contribution >= 0.6 is 11.3 Å². The van der Waals surface area contributed by atoms with E-state index < -0.39 is 5.69 Å². The highest BCUT2D eigenvalue weighted by Gasteiger charge is 2.17. The van der Waals surface area contributed by atoms with Crippen molar-refractivity contribution in [3.8, 4) is 0 Å². The lowest BCUT2D eigenvalue weighted by Gasteiger charge is -2.14. The summed E-state index contributed by atoms with van der Waals surface area (Å²) in [5.74, 6) is -0.215.